The minimum absolute atomic E-state index is 0.334. The van der Waals surface area contributed by atoms with E-state index >= 15 is 0 Å². The SMILES string of the molecule is CC1=CC(n2c3ccncc3c3cnccc32)=CCC1c1ccc(-n2c3ccncc3c3cnccc32)cc1C. The fraction of sp³-hybridized carbons (Fsp3) is 0.118. The van der Waals surface area contributed by atoms with Gasteiger partial charge >= 0.3 is 0 Å². The Kier molecular flexibility index (Phi) is 4.98. The van der Waals surface area contributed by atoms with Gasteiger partial charge in [0.2, 0.25) is 0 Å². The Morgan fingerprint density at radius 2 is 1.12 bits per heavy atom. The minimum Gasteiger partial charge on any atom is -0.309 e. The number of pyridine rings is 4. The highest BCUT2D eigenvalue weighted by Gasteiger charge is 2.22. The van der Waals surface area contributed by atoms with E-state index in [9.17, 15) is 0 Å². The quantitative estimate of drug-likeness (QED) is 0.240. The standard InChI is InChI=1S/C34H26N6/c1-21-15-23(39-31-7-11-35-17-27(31)28-18-36-12-8-32(28)39)3-5-25(21)26-6-4-24(16-22(26)2)40-33-9-13-37-19-29(33)30-20-38-14-10-34(30)40/h3-5,7-20,26H,6H2,1-2H3. The monoisotopic (exact) mass is 518 g/mol. The molecule has 1 atom stereocenters. The van der Waals surface area contributed by atoms with Crippen LogP contribution in [-0.2, 0) is 0 Å². The Morgan fingerprint density at radius 3 is 1.60 bits per heavy atom. The molecule has 6 heterocycles. The van der Waals surface area contributed by atoms with Gasteiger partial charge in [-0.1, -0.05) is 17.7 Å². The summed E-state index contributed by atoms with van der Waals surface area (Å²) in [5, 5.41) is 4.49. The van der Waals surface area contributed by atoms with E-state index in [1.54, 1.807) is 0 Å². The van der Waals surface area contributed by atoms with E-state index in [1.165, 1.54) is 22.4 Å². The molecule has 0 spiro atoms. The number of fused-ring (bicyclic) bond motifs is 6. The van der Waals surface area contributed by atoms with Crippen LogP contribution < -0.4 is 0 Å². The zero-order chi connectivity index (χ0) is 26.8. The Labute approximate surface area is 231 Å². The van der Waals surface area contributed by atoms with Crippen molar-refractivity contribution in [2.45, 2.75) is 26.2 Å². The van der Waals surface area contributed by atoms with Crippen molar-refractivity contribution < 1.29 is 0 Å². The largest absolute Gasteiger partial charge is 0.309 e. The van der Waals surface area contributed by atoms with Crippen LogP contribution in [0.3, 0.4) is 0 Å². The summed E-state index contributed by atoms with van der Waals surface area (Å²) < 4.78 is 4.66. The molecule has 0 aliphatic heterocycles. The first kappa shape index (κ1) is 22.8. The van der Waals surface area contributed by atoms with Crippen LogP contribution in [0.1, 0.15) is 30.4 Å². The maximum atomic E-state index is 4.37. The van der Waals surface area contributed by atoms with Crippen molar-refractivity contribution in [1.29, 1.82) is 0 Å². The van der Waals surface area contributed by atoms with Gasteiger partial charge in [0.1, 0.15) is 0 Å². The van der Waals surface area contributed by atoms with Gasteiger partial charge in [0.05, 0.1) is 22.1 Å². The van der Waals surface area contributed by atoms with Crippen LogP contribution in [-0.4, -0.2) is 29.1 Å². The number of hydrogen-bond donors (Lipinski definition) is 0. The Balaban J connectivity index is 1.19. The van der Waals surface area contributed by atoms with E-state index in [1.807, 2.05) is 49.6 Å². The highest BCUT2D eigenvalue weighted by molar-refractivity contribution is 6.10. The van der Waals surface area contributed by atoms with Crippen LogP contribution in [0.2, 0.25) is 0 Å². The van der Waals surface area contributed by atoms with Gasteiger partial charge < -0.3 is 9.13 Å². The van der Waals surface area contributed by atoms with Crippen LogP contribution in [0.15, 0.2) is 110 Å². The van der Waals surface area contributed by atoms with Crippen LogP contribution in [0, 0.1) is 6.92 Å². The normalized spacial score (nSPS) is 15.7. The average Bonchev–Trinajstić information content (AvgIpc) is 3.51. The fourth-order valence-corrected chi connectivity index (χ4v) is 6.51. The van der Waals surface area contributed by atoms with E-state index < -0.39 is 0 Å². The first-order valence-corrected chi connectivity index (χ1v) is 13.5. The molecule has 0 N–H and O–H groups in total. The molecule has 8 rings (SSSR count). The maximum absolute atomic E-state index is 4.37. The molecular weight excluding hydrogens is 492 g/mol. The number of benzene rings is 1. The highest BCUT2D eigenvalue weighted by Crippen LogP contribution is 2.40. The van der Waals surface area contributed by atoms with Gasteiger partial charge in [-0.05, 0) is 73.9 Å². The number of nitrogens with zero attached hydrogens (tertiary/aromatic N) is 6. The third-order valence-corrected chi connectivity index (χ3v) is 8.37. The van der Waals surface area contributed by atoms with Crippen LogP contribution in [0.25, 0.3) is 55.0 Å². The van der Waals surface area contributed by atoms with Crippen LogP contribution >= 0.6 is 0 Å². The summed E-state index contributed by atoms with van der Waals surface area (Å²) in [6.07, 6.45) is 20.8. The van der Waals surface area contributed by atoms with E-state index in [0.29, 0.717) is 5.92 Å². The molecule has 1 aromatic carbocycles. The van der Waals surface area contributed by atoms with Crippen LogP contribution in [0.5, 0.6) is 0 Å². The lowest BCUT2D eigenvalue weighted by Crippen LogP contribution is -2.09. The second-order valence-corrected chi connectivity index (χ2v) is 10.6. The lowest BCUT2D eigenvalue weighted by Gasteiger charge is -2.25. The summed E-state index contributed by atoms with van der Waals surface area (Å²) in [7, 11) is 0. The smallest absolute Gasteiger partial charge is 0.0572 e. The van der Waals surface area contributed by atoms with Gasteiger partial charge in [0, 0.05) is 88.4 Å². The molecule has 7 aromatic rings. The number of aryl methyl sites for hydroxylation is 1. The zero-order valence-corrected chi connectivity index (χ0v) is 22.3. The molecule has 1 aliphatic rings. The molecule has 6 heteroatoms. The molecule has 6 aromatic heterocycles. The van der Waals surface area contributed by atoms with Crippen molar-refractivity contribution in [2.75, 3.05) is 0 Å². The molecule has 0 bridgehead atoms. The lowest BCUT2D eigenvalue weighted by atomic mass is 9.83. The zero-order valence-electron chi connectivity index (χ0n) is 22.3. The second-order valence-electron chi connectivity index (χ2n) is 10.6. The summed E-state index contributed by atoms with van der Waals surface area (Å²) in [5.41, 5.74) is 11.0. The van der Waals surface area contributed by atoms with Crippen molar-refractivity contribution in [1.82, 2.24) is 29.1 Å². The first-order valence-electron chi connectivity index (χ1n) is 13.5. The van der Waals surface area contributed by atoms with E-state index in [2.05, 4.69) is 97.5 Å². The molecule has 0 amide bonds. The fourth-order valence-electron chi connectivity index (χ4n) is 6.51. The Hall–Kier alpha value is -5.10. The summed E-state index contributed by atoms with van der Waals surface area (Å²) >= 11 is 0. The van der Waals surface area contributed by atoms with Gasteiger partial charge in [-0.2, -0.15) is 0 Å². The predicted octanol–water partition coefficient (Wildman–Crippen LogP) is 7.75. The molecule has 6 nitrogen and oxygen atoms in total. The molecule has 0 saturated heterocycles. The van der Waals surface area contributed by atoms with Gasteiger partial charge in [0.15, 0.2) is 0 Å². The molecular formula is C34H26N6. The molecule has 40 heavy (non-hydrogen) atoms. The molecule has 1 unspecified atom stereocenters. The van der Waals surface area contributed by atoms with Gasteiger partial charge in [-0.3, -0.25) is 19.9 Å². The topological polar surface area (TPSA) is 61.4 Å². The Morgan fingerprint density at radius 1 is 0.625 bits per heavy atom. The predicted molar refractivity (Wildman–Crippen MR) is 162 cm³/mol. The summed E-state index contributed by atoms with van der Waals surface area (Å²) in [5.74, 6) is 0.334. The maximum Gasteiger partial charge on any atom is 0.0572 e. The summed E-state index contributed by atoms with van der Waals surface area (Å²) in [6, 6.07) is 15.2. The highest BCUT2D eigenvalue weighted by atomic mass is 15.0. The summed E-state index contributed by atoms with van der Waals surface area (Å²) in [6.45, 7) is 4.49. The average molecular weight is 519 g/mol. The third-order valence-electron chi connectivity index (χ3n) is 8.37. The van der Waals surface area contributed by atoms with E-state index in [-0.39, 0.29) is 0 Å². The molecule has 0 fully saturated rings. The third kappa shape index (κ3) is 3.29. The Bertz CT molecular complexity index is 2070. The molecule has 0 saturated carbocycles. The molecule has 0 radical (unpaired) electrons. The molecule has 1 aliphatic carbocycles. The number of hydrogen-bond acceptors (Lipinski definition) is 4. The van der Waals surface area contributed by atoms with Crippen molar-refractivity contribution in [3.8, 4) is 5.69 Å². The number of aromatic nitrogens is 6. The lowest BCUT2D eigenvalue weighted by molar-refractivity contribution is 0.788. The van der Waals surface area contributed by atoms with Gasteiger partial charge in [0.25, 0.3) is 0 Å². The number of rotatable bonds is 3. The number of allylic oxidation sites excluding steroid dienone is 4. The summed E-state index contributed by atoms with van der Waals surface area (Å²) in [4.78, 5) is 17.5. The van der Waals surface area contributed by atoms with Crippen molar-refractivity contribution in [3.63, 3.8) is 0 Å². The van der Waals surface area contributed by atoms with Crippen molar-refractivity contribution in [2.24, 2.45) is 0 Å². The molecule has 192 valence electrons. The van der Waals surface area contributed by atoms with Gasteiger partial charge in [-0.25, -0.2) is 0 Å². The van der Waals surface area contributed by atoms with Crippen LogP contribution in [0.4, 0.5) is 0 Å². The first-order chi connectivity index (χ1) is 19.7. The van der Waals surface area contributed by atoms with Gasteiger partial charge in [-0.15, -0.1) is 0 Å². The van der Waals surface area contributed by atoms with Crippen molar-refractivity contribution >= 4 is 49.3 Å². The van der Waals surface area contributed by atoms with E-state index in [0.717, 1.165) is 55.7 Å². The van der Waals surface area contributed by atoms with Crippen molar-refractivity contribution in [3.05, 3.63) is 121 Å². The second kappa shape index (κ2) is 8.71. The minimum atomic E-state index is 0.334. The van der Waals surface area contributed by atoms with E-state index in [4.69, 9.17) is 0 Å².